The van der Waals surface area contributed by atoms with Gasteiger partial charge in [0.15, 0.2) is 0 Å². The third-order valence-corrected chi connectivity index (χ3v) is 9.60. The average Bonchev–Trinajstić information content (AvgIpc) is 3.32. The van der Waals surface area contributed by atoms with Crippen LogP contribution in [0.2, 0.25) is 0 Å². The molecule has 0 radical (unpaired) electrons. The van der Waals surface area contributed by atoms with Crippen molar-refractivity contribution < 1.29 is 24.3 Å². The molecule has 1 N–H and O–H groups in total. The summed E-state index contributed by atoms with van der Waals surface area (Å²) in [5.41, 5.74) is -1.89. The van der Waals surface area contributed by atoms with Crippen LogP contribution in [0.15, 0.2) is 16.8 Å². The zero-order chi connectivity index (χ0) is 22.0. The maximum absolute atomic E-state index is 13.3. The third kappa shape index (κ3) is 2.46. The lowest BCUT2D eigenvalue weighted by Gasteiger charge is -2.57. The van der Waals surface area contributed by atoms with Gasteiger partial charge in [-0.05, 0) is 61.7 Å². The highest BCUT2D eigenvalue weighted by atomic mass is 16.8. The van der Waals surface area contributed by atoms with Crippen LogP contribution in [-0.4, -0.2) is 36.5 Å². The van der Waals surface area contributed by atoms with Gasteiger partial charge in [0.25, 0.3) is 0 Å². The number of hydrogen-bond donors (Lipinski definition) is 1. The highest BCUT2D eigenvalue weighted by Gasteiger charge is 2.84. The van der Waals surface area contributed by atoms with E-state index in [0.717, 1.165) is 50.4 Å². The van der Waals surface area contributed by atoms with E-state index in [1.165, 1.54) is 0 Å². The Morgan fingerprint density at radius 1 is 1.26 bits per heavy atom. The standard InChI is InChI=1S/C25H35NO5/c1-15(2)20-10-17-11-24(14-27)19-8-7-16(3)18(19)12-23(17,25(20,24)22(28)29)13-26-31-21-6-4-5-9-30-21/h10,13-19,21H,4-9,11-12H2,1-3H3,(H,28,29)/b26-13+/t16-,17+,18-,19-,21?,23+,24+,25-/m1/s1. The van der Waals surface area contributed by atoms with Crippen molar-refractivity contribution in [2.24, 2.45) is 51.0 Å². The number of oxime groups is 1. The van der Waals surface area contributed by atoms with Crippen molar-refractivity contribution in [2.75, 3.05) is 6.61 Å². The number of allylic oxidation sites excluding steroid dienone is 1. The number of carbonyl (C=O) groups is 2. The SMILES string of the molecule is CC(C)C1=C[C@H]2C[C@]3(C=O)[C@@H]4CC[C@@H](C)[C@H]4C[C@@]2(/C=N/OC2CCCCO2)[C@]13C(=O)O. The van der Waals surface area contributed by atoms with E-state index in [2.05, 4.69) is 32.0 Å². The molecule has 4 aliphatic carbocycles. The van der Waals surface area contributed by atoms with Crippen molar-refractivity contribution in [1.29, 1.82) is 0 Å². The van der Waals surface area contributed by atoms with E-state index in [1.807, 2.05) is 0 Å². The number of fused-ring (bicyclic) bond motifs is 2. The summed E-state index contributed by atoms with van der Waals surface area (Å²) >= 11 is 0. The van der Waals surface area contributed by atoms with Crippen LogP contribution in [-0.2, 0) is 19.2 Å². The summed E-state index contributed by atoms with van der Waals surface area (Å²) in [5.74, 6) is 0.173. The minimum atomic E-state index is -1.23. The molecule has 170 valence electrons. The van der Waals surface area contributed by atoms with Gasteiger partial charge in [-0.15, -0.1) is 0 Å². The Hall–Kier alpha value is -1.69. The number of rotatable bonds is 6. The van der Waals surface area contributed by atoms with Crippen LogP contribution in [0.25, 0.3) is 0 Å². The van der Waals surface area contributed by atoms with E-state index >= 15 is 0 Å². The molecule has 0 amide bonds. The highest BCUT2D eigenvalue weighted by molar-refractivity contribution is 5.96. The molecule has 5 rings (SSSR count). The maximum Gasteiger partial charge on any atom is 0.315 e. The van der Waals surface area contributed by atoms with Crippen LogP contribution in [0.5, 0.6) is 0 Å². The molecular weight excluding hydrogens is 394 g/mol. The lowest BCUT2D eigenvalue weighted by Crippen LogP contribution is -2.63. The predicted molar refractivity (Wildman–Crippen MR) is 115 cm³/mol. The van der Waals surface area contributed by atoms with Gasteiger partial charge in [0.05, 0.1) is 18.2 Å². The fraction of sp³-hybridized carbons (Fsp3) is 0.800. The zero-order valence-electron chi connectivity index (χ0n) is 18.9. The Balaban J connectivity index is 1.63. The van der Waals surface area contributed by atoms with Gasteiger partial charge in [-0.3, -0.25) is 4.79 Å². The molecule has 6 heteroatoms. The highest BCUT2D eigenvalue weighted by Crippen LogP contribution is 2.82. The first kappa shape index (κ1) is 21.2. The summed E-state index contributed by atoms with van der Waals surface area (Å²) in [7, 11) is 0. The number of carbonyl (C=O) groups excluding carboxylic acids is 1. The molecule has 1 unspecified atom stereocenters. The maximum atomic E-state index is 13.3. The van der Waals surface area contributed by atoms with E-state index in [9.17, 15) is 14.7 Å². The van der Waals surface area contributed by atoms with Crippen LogP contribution in [0.4, 0.5) is 0 Å². The number of aldehydes is 1. The molecule has 5 aliphatic rings. The summed E-state index contributed by atoms with van der Waals surface area (Å²) < 4.78 is 5.65. The second-order valence-electron chi connectivity index (χ2n) is 11.0. The van der Waals surface area contributed by atoms with Gasteiger partial charge < -0.3 is 19.5 Å². The average molecular weight is 430 g/mol. The number of hydrogen-bond acceptors (Lipinski definition) is 5. The van der Waals surface area contributed by atoms with Crippen molar-refractivity contribution in [2.45, 2.75) is 72.0 Å². The van der Waals surface area contributed by atoms with Crippen molar-refractivity contribution in [3.8, 4) is 0 Å². The zero-order valence-corrected chi connectivity index (χ0v) is 18.9. The normalized spacial score (nSPS) is 48.1. The van der Waals surface area contributed by atoms with Crippen molar-refractivity contribution in [3.05, 3.63) is 11.6 Å². The van der Waals surface area contributed by atoms with Gasteiger partial charge >= 0.3 is 5.97 Å². The first-order chi connectivity index (χ1) is 14.8. The Morgan fingerprint density at radius 2 is 2.06 bits per heavy atom. The Morgan fingerprint density at radius 3 is 2.71 bits per heavy atom. The van der Waals surface area contributed by atoms with Gasteiger partial charge in [-0.2, -0.15) is 0 Å². The smallest absolute Gasteiger partial charge is 0.315 e. The summed E-state index contributed by atoms with van der Waals surface area (Å²) in [6, 6.07) is 0. The number of carboxylic acids is 1. The minimum absolute atomic E-state index is 0.00336. The fourth-order valence-corrected chi connectivity index (χ4v) is 8.47. The lowest BCUT2D eigenvalue weighted by atomic mass is 9.43. The molecule has 8 atom stereocenters. The second kappa shape index (κ2) is 7.16. The third-order valence-electron chi connectivity index (χ3n) is 9.60. The fourth-order valence-electron chi connectivity index (χ4n) is 8.47. The summed E-state index contributed by atoms with van der Waals surface area (Å²) in [4.78, 5) is 31.9. The van der Waals surface area contributed by atoms with Gasteiger partial charge in [0.1, 0.15) is 11.7 Å². The van der Waals surface area contributed by atoms with Crippen LogP contribution >= 0.6 is 0 Å². The van der Waals surface area contributed by atoms with Crippen LogP contribution in [0.3, 0.4) is 0 Å². The second-order valence-corrected chi connectivity index (χ2v) is 11.0. The minimum Gasteiger partial charge on any atom is -0.481 e. The van der Waals surface area contributed by atoms with Crippen molar-refractivity contribution >= 4 is 18.5 Å². The largest absolute Gasteiger partial charge is 0.481 e. The quantitative estimate of drug-likeness (QED) is 0.292. The van der Waals surface area contributed by atoms with E-state index in [0.29, 0.717) is 24.9 Å². The van der Waals surface area contributed by atoms with Crippen LogP contribution in [0.1, 0.15) is 65.7 Å². The van der Waals surface area contributed by atoms with Crippen molar-refractivity contribution in [3.63, 3.8) is 0 Å². The molecule has 31 heavy (non-hydrogen) atoms. The lowest BCUT2D eigenvalue weighted by molar-refractivity contribution is -0.174. The molecule has 1 aliphatic heterocycles. The number of aliphatic carboxylic acids is 1. The van der Waals surface area contributed by atoms with E-state index in [4.69, 9.17) is 9.57 Å². The summed E-state index contributed by atoms with van der Waals surface area (Å²) in [5, 5.41) is 15.3. The van der Waals surface area contributed by atoms with E-state index in [1.54, 1.807) is 6.21 Å². The molecule has 1 saturated heterocycles. The number of carboxylic acid groups (broad SMARTS) is 1. The summed E-state index contributed by atoms with van der Waals surface area (Å²) in [6.07, 6.45) is 10.9. The molecule has 0 aromatic heterocycles. The molecule has 4 bridgehead atoms. The monoisotopic (exact) mass is 429 g/mol. The summed E-state index contributed by atoms with van der Waals surface area (Å²) in [6.45, 7) is 7.04. The molecule has 3 saturated carbocycles. The molecule has 1 heterocycles. The molecule has 6 nitrogen and oxygen atoms in total. The van der Waals surface area contributed by atoms with Crippen molar-refractivity contribution in [1.82, 2.24) is 0 Å². The molecular formula is C25H35NO5. The van der Waals surface area contributed by atoms with Gasteiger partial charge in [-0.25, -0.2) is 0 Å². The van der Waals surface area contributed by atoms with Crippen LogP contribution < -0.4 is 0 Å². The van der Waals surface area contributed by atoms with Crippen LogP contribution in [0, 0.1) is 45.8 Å². The first-order valence-electron chi connectivity index (χ1n) is 12.1. The Bertz CT molecular complexity index is 830. The van der Waals surface area contributed by atoms with Gasteiger partial charge in [0, 0.05) is 11.8 Å². The molecule has 0 aromatic rings. The Labute approximate surface area is 184 Å². The van der Waals surface area contributed by atoms with Gasteiger partial charge in [0.2, 0.25) is 6.29 Å². The number of ether oxygens (including phenoxy) is 1. The Kier molecular flexibility index (Phi) is 4.89. The number of nitrogens with zero attached hydrogens (tertiary/aromatic N) is 1. The van der Waals surface area contributed by atoms with Gasteiger partial charge in [-0.1, -0.05) is 44.0 Å². The van der Waals surface area contributed by atoms with E-state index < -0.39 is 22.2 Å². The molecule has 4 fully saturated rings. The van der Waals surface area contributed by atoms with E-state index in [-0.39, 0.29) is 24.0 Å². The first-order valence-corrected chi connectivity index (χ1v) is 12.1. The molecule has 0 aromatic carbocycles. The molecule has 0 spiro atoms. The predicted octanol–water partition coefficient (Wildman–Crippen LogP) is 4.44. The topological polar surface area (TPSA) is 85.2 Å².